The summed E-state index contributed by atoms with van der Waals surface area (Å²) in [6.07, 6.45) is 3.96. The summed E-state index contributed by atoms with van der Waals surface area (Å²) in [4.78, 5) is 11.1. The van der Waals surface area contributed by atoms with E-state index in [0.29, 0.717) is 13.1 Å². The number of halogens is 2. The van der Waals surface area contributed by atoms with Gasteiger partial charge in [-0.25, -0.2) is 4.98 Å². The molecule has 8 heteroatoms. The SMILES string of the molecule is CN=C(NCc1cn2c(C)cccc2n1)N(C)Cc1cc(Cl)cn1C.I. The molecule has 0 bridgehead atoms. The molecular weight excluding hydrogens is 463 g/mol. The summed E-state index contributed by atoms with van der Waals surface area (Å²) in [7, 11) is 5.78. The normalized spacial score (nSPS) is 11.5. The third kappa shape index (κ3) is 4.50. The van der Waals surface area contributed by atoms with E-state index in [1.807, 2.05) is 43.1 Å². The van der Waals surface area contributed by atoms with E-state index in [1.165, 1.54) is 5.69 Å². The lowest BCUT2D eigenvalue weighted by atomic mass is 10.4. The Kier molecular flexibility index (Phi) is 6.94. The maximum absolute atomic E-state index is 6.06. The average molecular weight is 487 g/mol. The number of pyridine rings is 1. The molecule has 0 aliphatic heterocycles. The summed E-state index contributed by atoms with van der Waals surface area (Å²) in [6, 6.07) is 8.07. The van der Waals surface area contributed by atoms with Crippen LogP contribution in [0.15, 0.2) is 41.7 Å². The number of aliphatic imine (C=N–C) groups is 1. The molecule has 26 heavy (non-hydrogen) atoms. The van der Waals surface area contributed by atoms with Gasteiger partial charge in [0.05, 0.1) is 23.8 Å². The van der Waals surface area contributed by atoms with E-state index in [4.69, 9.17) is 11.6 Å². The summed E-state index contributed by atoms with van der Waals surface area (Å²) < 4.78 is 4.12. The van der Waals surface area contributed by atoms with Gasteiger partial charge in [0.25, 0.3) is 0 Å². The minimum absolute atomic E-state index is 0. The topological polar surface area (TPSA) is 49.9 Å². The summed E-state index contributed by atoms with van der Waals surface area (Å²) >= 11 is 6.06. The molecule has 0 unspecified atom stereocenters. The van der Waals surface area contributed by atoms with Crippen molar-refractivity contribution in [3.8, 4) is 0 Å². The van der Waals surface area contributed by atoms with Crippen molar-refractivity contribution >= 4 is 47.2 Å². The van der Waals surface area contributed by atoms with Crippen molar-refractivity contribution < 1.29 is 0 Å². The van der Waals surface area contributed by atoms with Crippen molar-refractivity contribution in [1.29, 1.82) is 0 Å². The lowest BCUT2D eigenvalue weighted by Gasteiger charge is -2.22. The van der Waals surface area contributed by atoms with Crippen molar-refractivity contribution in [1.82, 2.24) is 24.2 Å². The predicted molar refractivity (Wildman–Crippen MR) is 117 cm³/mol. The molecule has 3 heterocycles. The van der Waals surface area contributed by atoms with Crippen LogP contribution in [0.1, 0.15) is 17.1 Å². The van der Waals surface area contributed by atoms with Crippen molar-refractivity contribution in [2.75, 3.05) is 14.1 Å². The van der Waals surface area contributed by atoms with Crippen molar-refractivity contribution in [3.63, 3.8) is 0 Å². The fourth-order valence-corrected chi connectivity index (χ4v) is 3.15. The smallest absolute Gasteiger partial charge is 0.194 e. The Bertz CT molecular complexity index is 914. The number of hydrogen-bond donors (Lipinski definition) is 1. The number of nitrogens with one attached hydrogen (secondary N) is 1. The summed E-state index contributed by atoms with van der Waals surface area (Å²) in [5.74, 6) is 0.811. The van der Waals surface area contributed by atoms with Gasteiger partial charge in [0.1, 0.15) is 5.65 Å². The molecule has 6 nitrogen and oxygen atoms in total. The number of aryl methyl sites for hydroxylation is 2. The first kappa shape index (κ1) is 20.6. The van der Waals surface area contributed by atoms with Crippen molar-refractivity contribution in [2.24, 2.45) is 12.0 Å². The van der Waals surface area contributed by atoms with Crippen LogP contribution in [0.5, 0.6) is 0 Å². The van der Waals surface area contributed by atoms with E-state index >= 15 is 0 Å². The average Bonchev–Trinajstić information content (AvgIpc) is 3.12. The Morgan fingerprint density at radius 1 is 1.35 bits per heavy atom. The molecule has 3 aromatic rings. The third-order valence-electron chi connectivity index (χ3n) is 4.22. The number of fused-ring (bicyclic) bond motifs is 1. The van der Waals surface area contributed by atoms with Crippen LogP contribution in [0, 0.1) is 6.92 Å². The second kappa shape index (κ2) is 8.77. The molecule has 0 aliphatic rings. The van der Waals surface area contributed by atoms with Gasteiger partial charge in [0, 0.05) is 44.9 Å². The van der Waals surface area contributed by atoms with Crippen LogP contribution >= 0.6 is 35.6 Å². The third-order valence-corrected chi connectivity index (χ3v) is 4.43. The van der Waals surface area contributed by atoms with Gasteiger partial charge in [-0.2, -0.15) is 0 Å². The second-order valence-corrected chi connectivity index (χ2v) is 6.58. The zero-order valence-corrected chi connectivity index (χ0v) is 18.5. The van der Waals surface area contributed by atoms with Crippen LogP contribution in [0.3, 0.4) is 0 Å². The zero-order valence-electron chi connectivity index (χ0n) is 15.4. The molecule has 0 spiro atoms. The molecule has 3 rings (SSSR count). The van der Waals surface area contributed by atoms with Crippen LogP contribution in [-0.2, 0) is 20.1 Å². The summed E-state index contributed by atoms with van der Waals surface area (Å²) in [5.41, 5.74) is 4.22. The molecule has 0 saturated carbocycles. The second-order valence-electron chi connectivity index (χ2n) is 6.14. The summed E-state index contributed by atoms with van der Waals surface area (Å²) in [5, 5.41) is 4.11. The molecule has 1 N–H and O–H groups in total. The quantitative estimate of drug-likeness (QED) is 0.349. The van der Waals surface area contributed by atoms with E-state index in [1.54, 1.807) is 7.05 Å². The van der Waals surface area contributed by atoms with Gasteiger partial charge in [0.2, 0.25) is 0 Å². The lowest BCUT2D eigenvalue weighted by Crippen LogP contribution is -2.38. The standard InChI is InChI=1S/C18H23ClN6.HI/c1-13-6-5-7-17-22-15(11-25(13)17)9-21-18(20-2)24(4)12-16-8-14(19)10-23(16)3;/h5-8,10-11H,9,12H2,1-4H3,(H,20,21);1H. The highest BCUT2D eigenvalue weighted by atomic mass is 127. The highest BCUT2D eigenvalue weighted by molar-refractivity contribution is 14.0. The van der Waals surface area contributed by atoms with Crippen molar-refractivity contribution in [2.45, 2.75) is 20.0 Å². The maximum atomic E-state index is 6.06. The molecular formula is C18H24ClIN6. The van der Waals surface area contributed by atoms with E-state index in [2.05, 4.69) is 43.8 Å². The van der Waals surface area contributed by atoms with E-state index in [9.17, 15) is 0 Å². The fraction of sp³-hybridized carbons (Fsp3) is 0.333. The van der Waals surface area contributed by atoms with Crippen LogP contribution in [-0.4, -0.2) is 38.9 Å². The van der Waals surface area contributed by atoms with Gasteiger partial charge in [-0.15, -0.1) is 24.0 Å². The number of guanidine groups is 1. The number of imidazole rings is 1. The Balaban J connectivity index is 0.00000243. The van der Waals surface area contributed by atoms with E-state index < -0.39 is 0 Å². The van der Waals surface area contributed by atoms with Crippen LogP contribution in [0.2, 0.25) is 5.02 Å². The lowest BCUT2D eigenvalue weighted by molar-refractivity contribution is 0.461. The molecule has 0 aromatic carbocycles. The summed E-state index contributed by atoms with van der Waals surface area (Å²) in [6.45, 7) is 3.41. The molecule has 0 saturated heterocycles. The van der Waals surface area contributed by atoms with Gasteiger partial charge >= 0.3 is 0 Å². The fourth-order valence-electron chi connectivity index (χ4n) is 2.88. The Hall–Kier alpha value is -1.74. The molecule has 3 aromatic heterocycles. The van der Waals surface area contributed by atoms with Gasteiger partial charge in [-0.3, -0.25) is 4.99 Å². The highest BCUT2D eigenvalue weighted by Gasteiger charge is 2.11. The number of rotatable bonds is 4. The zero-order chi connectivity index (χ0) is 18.0. The Labute approximate surface area is 175 Å². The molecule has 0 amide bonds. The number of nitrogens with zero attached hydrogens (tertiary/aromatic N) is 5. The van der Waals surface area contributed by atoms with Crippen LogP contribution in [0.25, 0.3) is 5.65 Å². The number of aromatic nitrogens is 3. The van der Waals surface area contributed by atoms with E-state index in [-0.39, 0.29) is 24.0 Å². The molecule has 0 aliphatic carbocycles. The molecule has 140 valence electrons. The first-order valence-corrected chi connectivity index (χ1v) is 8.52. The van der Waals surface area contributed by atoms with E-state index in [0.717, 1.165) is 28.0 Å². The Morgan fingerprint density at radius 3 is 2.73 bits per heavy atom. The first-order valence-electron chi connectivity index (χ1n) is 8.14. The van der Waals surface area contributed by atoms with Gasteiger partial charge in [-0.05, 0) is 25.1 Å². The Morgan fingerprint density at radius 2 is 2.12 bits per heavy atom. The maximum Gasteiger partial charge on any atom is 0.194 e. The molecule has 0 radical (unpaired) electrons. The largest absolute Gasteiger partial charge is 0.351 e. The molecule has 0 atom stereocenters. The van der Waals surface area contributed by atoms with Gasteiger partial charge in [-0.1, -0.05) is 17.7 Å². The monoisotopic (exact) mass is 486 g/mol. The predicted octanol–water partition coefficient (Wildman–Crippen LogP) is 3.46. The van der Waals surface area contributed by atoms with Crippen LogP contribution in [0.4, 0.5) is 0 Å². The molecule has 0 fully saturated rings. The van der Waals surface area contributed by atoms with Crippen LogP contribution < -0.4 is 5.32 Å². The minimum Gasteiger partial charge on any atom is -0.351 e. The number of hydrogen-bond acceptors (Lipinski definition) is 2. The van der Waals surface area contributed by atoms with Gasteiger partial charge < -0.3 is 19.2 Å². The van der Waals surface area contributed by atoms with Gasteiger partial charge in [0.15, 0.2) is 5.96 Å². The minimum atomic E-state index is 0. The van der Waals surface area contributed by atoms with Crippen molar-refractivity contribution in [3.05, 3.63) is 58.8 Å². The first-order chi connectivity index (χ1) is 12.0. The highest BCUT2D eigenvalue weighted by Crippen LogP contribution is 2.14.